The van der Waals surface area contributed by atoms with Crippen molar-refractivity contribution in [1.29, 1.82) is 0 Å². The van der Waals surface area contributed by atoms with E-state index in [1.165, 1.54) is 16.0 Å². The van der Waals surface area contributed by atoms with Crippen molar-refractivity contribution in [3.63, 3.8) is 0 Å². The number of pyridine rings is 1. The summed E-state index contributed by atoms with van der Waals surface area (Å²) in [6.07, 6.45) is 0. The average molecular weight is 294 g/mol. The van der Waals surface area contributed by atoms with Gasteiger partial charge in [-0.25, -0.2) is 0 Å². The van der Waals surface area contributed by atoms with Gasteiger partial charge in [0.2, 0.25) is 0 Å². The van der Waals surface area contributed by atoms with Crippen molar-refractivity contribution in [3.8, 4) is 0 Å². The second-order valence-corrected chi connectivity index (χ2v) is 6.08. The van der Waals surface area contributed by atoms with E-state index in [4.69, 9.17) is 0 Å². The van der Waals surface area contributed by atoms with Crippen LogP contribution in [0.25, 0.3) is 10.9 Å². The van der Waals surface area contributed by atoms with Crippen LogP contribution in [0.1, 0.15) is 5.69 Å². The Balaban J connectivity index is 1.65. The Hall–Kier alpha value is -2.00. The van der Waals surface area contributed by atoms with Gasteiger partial charge in [-0.15, -0.1) is 11.8 Å². The zero-order valence-electron chi connectivity index (χ0n) is 12.0. The van der Waals surface area contributed by atoms with Gasteiger partial charge in [0.15, 0.2) is 0 Å². The highest BCUT2D eigenvalue weighted by molar-refractivity contribution is 7.99. The van der Waals surface area contributed by atoms with Gasteiger partial charge in [-0.1, -0.05) is 36.4 Å². The molecule has 2 nitrogen and oxygen atoms in total. The van der Waals surface area contributed by atoms with E-state index in [2.05, 4.69) is 58.8 Å². The number of nitrogens with one attached hydrogen (secondary N) is 1. The predicted octanol–water partition coefficient (Wildman–Crippen LogP) is 4.75. The van der Waals surface area contributed by atoms with Crippen LogP contribution in [-0.4, -0.2) is 17.3 Å². The number of benzene rings is 2. The number of rotatable bonds is 5. The first-order valence-corrected chi connectivity index (χ1v) is 8.09. The summed E-state index contributed by atoms with van der Waals surface area (Å²) in [6, 6.07) is 20.9. The number of hydrogen-bond acceptors (Lipinski definition) is 3. The first-order chi connectivity index (χ1) is 10.3. The van der Waals surface area contributed by atoms with E-state index in [9.17, 15) is 0 Å². The lowest BCUT2D eigenvalue weighted by molar-refractivity contribution is 1.20. The molecular formula is C18H18N2S. The van der Waals surface area contributed by atoms with E-state index in [0.29, 0.717) is 0 Å². The van der Waals surface area contributed by atoms with Crippen LogP contribution in [0.5, 0.6) is 0 Å². The van der Waals surface area contributed by atoms with Crippen molar-refractivity contribution in [2.45, 2.75) is 11.8 Å². The number of aryl methyl sites for hydroxylation is 1. The summed E-state index contributed by atoms with van der Waals surface area (Å²) in [5, 5.41) is 4.73. The number of para-hydroxylation sites is 1. The SMILES string of the molecule is Cc1cc(NCCSc2ccccc2)c2ccccc2n1. The van der Waals surface area contributed by atoms with Gasteiger partial charge in [-0.2, -0.15) is 0 Å². The van der Waals surface area contributed by atoms with E-state index >= 15 is 0 Å². The van der Waals surface area contributed by atoms with E-state index in [1.807, 2.05) is 30.8 Å². The summed E-state index contributed by atoms with van der Waals surface area (Å²) in [6.45, 7) is 2.98. The van der Waals surface area contributed by atoms with Gasteiger partial charge in [0, 0.05) is 34.0 Å². The molecule has 21 heavy (non-hydrogen) atoms. The molecule has 1 aromatic heterocycles. The Morgan fingerprint density at radius 2 is 1.76 bits per heavy atom. The highest BCUT2D eigenvalue weighted by atomic mass is 32.2. The summed E-state index contributed by atoms with van der Waals surface area (Å²) in [5.41, 5.74) is 3.27. The largest absolute Gasteiger partial charge is 0.384 e. The molecule has 3 aromatic rings. The van der Waals surface area contributed by atoms with Gasteiger partial charge in [0.25, 0.3) is 0 Å². The minimum absolute atomic E-state index is 0.938. The molecule has 0 amide bonds. The van der Waals surface area contributed by atoms with Crippen LogP contribution in [-0.2, 0) is 0 Å². The van der Waals surface area contributed by atoms with E-state index in [1.54, 1.807) is 0 Å². The van der Waals surface area contributed by atoms with Crippen molar-refractivity contribution in [3.05, 3.63) is 66.4 Å². The zero-order chi connectivity index (χ0) is 14.5. The Labute approximate surface area is 129 Å². The van der Waals surface area contributed by atoms with Gasteiger partial charge in [-0.05, 0) is 31.2 Å². The fourth-order valence-electron chi connectivity index (χ4n) is 2.33. The molecular weight excluding hydrogens is 276 g/mol. The van der Waals surface area contributed by atoms with Crippen molar-refractivity contribution < 1.29 is 0 Å². The Bertz CT molecular complexity index is 726. The van der Waals surface area contributed by atoms with Crippen molar-refractivity contribution in [2.75, 3.05) is 17.6 Å². The molecule has 0 radical (unpaired) electrons. The minimum Gasteiger partial charge on any atom is -0.384 e. The van der Waals surface area contributed by atoms with Gasteiger partial charge in [0.1, 0.15) is 0 Å². The normalized spacial score (nSPS) is 10.7. The molecule has 0 bridgehead atoms. The van der Waals surface area contributed by atoms with Crippen molar-refractivity contribution in [2.24, 2.45) is 0 Å². The van der Waals surface area contributed by atoms with E-state index in [-0.39, 0.29) is 0 Å². The maximum Gasteiger partial charge on any atom is 0.0725 e. The Morgan fingerprint density at radius 3 is 2.62 bits per heavy atom. The van der Waals surface area contributed by atoms with Crippen LogP contribution in [0.15, 0.2) is 65.6 Å². The van der Waals surface area contributed by atoms with Crippen molar-refractivity contribution >= 4 is 28.4 Å². The number of anilines is 1. The Morgan fingerprint density at radius 1 is 1.00 bits per heavy atom. The first kappa shape index (κ1) is 14.0. The molecule has 0 atom stereocenters. The van der Waals surface area contributed by atoms with Crippen LogP contribution in [0.4, 0.5) is 5.69 Å². The molecule has 106 valence electrons. The molecule has 0 saturated heterocycles. The maximum absolute atomic E-state index is 4.57. The second kappa shape index (κ2) is 6.64. The number of hydrogen-bond donors (Lipinski definition) is 1. The molecule has 0 fully saturated rings. The van der Waals surface area contributed by atoms with Gasteiger partial charge >= 0.3 is 0 Å². The standard InChI is InChI=1S/C18H18N2S/c1-14-13-18(16-9-5-6-10-17(16)20-14)19-11-12-21-15-7-3-2-4-8-15/h2-10,13H,11-12H2,1H3,(H,19,20). The molecule has 0 saturated carbocycles. The summed E-state index contributed by atoms with van der Waals surface area (Å²) >= 11 is 1.87. The molecule has 1 heterocycles. The lowest BCUT2D eigenvalue weighted by atomic mass is 10.1. The van der Waals surface area contributed by atoms with Crippen LogP contribution < -0.4 is 5.32 Å². The van der Waals surface area contributed by atoms with Gasteiger partial charge in [-0.3, -0.25) is 4.98 Å². The molecule has 3 heteroatoms. The minimum atomic E-state index is 0.938. The average Bonchev–Trinajstić information content (AvgIpc) is 2.52. The molecule has 0 unspecified atom stereocenters. The van der Waals surface area contributed by atoms with Crippen molar-refractivity contribution in [1.82, 2.24) is 4.98 Å². The highest BCUT2D eigenvalue weighted by Gasteiger charge is 2.02. The lowest BCUT2D eigenvalue weighted by Crippen LogP contribution is -2.05. The molecule has 0 aliphatic carbocycles. The van der Waals surface area contributed by atoms with E-state index in [0.717, 1.165) is 23.5 Å². The predicted molar refractivity (Wildman–Crippen MR) is 92.1 cm³/mol. The zero-order valence-corrected chi connectivity index (χ0v) is 12.9. The van der Waals surface area contributed by atoms with Crippen LogP contribution in [0.2, 0.25) is 0 Å². The summed E-state index contributed by atoms with van der Waals surface area (Å²) < 4.78 is 0. The smallest absolute Gasteiger partial charge is 0.0725 e. The van der Waals surface area contributed by atoms with Crippen LogP contribution >= 0.6 is 11.8 Å². The van der Waals surface area contributed by atoms with Gasteiger partial charge in [0.05, 0.1) is 5.52 Å². The van der Waals surface area contributed by atoms with E-state index < -0.39 is 0 Å². The molecule has 0 aliphatic heterocycles. The Kier molecular flexibility index (Phi) is 4.41. The first-order valence-electron chi connectivity index (χ1n) is 7.11. The molecule has 2 aromatic carbocycles. The number of thioether (sulfide) groups is 1. The topological polar surface area (TPSA) is 24.9 Å². The van der Waals surface area contributed by atoms with Crippen LogP contribution in [0, 0.1) is 6.92 Å². The molecule has 0 spiro atoms. The maximum atomic E-state index is 4.57. The fraction of sp³-hybridized carbons (Fsp3) is 0.167. The molecule has 1 N–H and O–H groups in total. The quantitative estimate of drug-likeness (QED) is 0.543. The lowest BCUT2D eigenvalue weighted by Gasteiger charge is -2.10. The second-order valence-electron chi connectivity index (χ2n) is 4.92. The third kappa shape index (κ3) is 3.56. The van der Waals surface area contributed by atoms with Gasteiger partial charge < -0.3 is 5.32 Å². The monoisotopic (exact) mass is 294 g/mol. The third-order valence-corrected chi connectivity index (χ3v) is 4.29. The summed E-state index contributed by atoms with van der Waals surface area (Å²) in [7, 11) is 0. The number of nitrogens with zero attached hydrogens (tertiary/aromatic N) is 1. The molecule has 0 aliphatic rings. The number of fused-ring (bicyclic) bond motifs is 1. The fourth-order valence-corrected chi connectivity index (χ4v) is 3.11. The van der Waals surface area contributed by atoms with Crippen LogP contribution in [0.3, 0.4) is 0 Å². The summed E-state index contributed by atoms with van der Waals surface area (Å²) in [4.78, 5) is 5.88. The number of aromatic nitrogens is 1. The third-order valence-electron chi connectivity index (χ3n) is 3.27. The highest BCUT2D eigenvalue weighted by Crippen LogP contribution is 2.23. The molecule has 3 rings (SSSR count). The summed E-state index contributed by atoms with van der Waals surface area (Å²) in [5.74, 6) is 1.04.